The Labute approximate surface area is 190 Å². The van der Waals surface area contributed by atoms with E-state index in [1.54, 1.807) is 12.1 Å². The number of nitriles is 1. The minimum Gasteiger partial charge on any atom is -0.370 e. The molecule has 10 heteroatoms. The summed E-state index contributed by atoms with van der Waals surface area (Å²) in [5, 5.41) is 9.31. The maximum atomic E-state index is 13.1. The highest BCUT2D eigenvalue weighted by molar-refractivity contribution is 7.92. The van der Waals surface area contributed by atoms with Gasteiger partial charge < -0.3 is 4.90 Å². The van der Waals surface area contributed by atoms with Gasteiger partial charge in [-0.3, -0.25) is 4.72 Å². The standard InChI is InChI=1S/C22H28N4O4S2/c1-25(2)32(29,30)20-12-10-19(11-13-20)31(27,28)24-21-15-17(16-23)9-14-22(21)26(3)18-7-5-4-6-8-18/h9-15,18,24H,4-8H2,1-3H3. The fourth-order valence-corrected chi connectivity index (χ4v) is 5.83. The van der Waals surface area contributed by atoms with Crippen LogP contribution in [-0.2, 0) is 20.0 Å². The first-order chi connectivity index (χ1) is 15.1. The molecule has 1 N–H and O–H groups in total. The first-order valence-corrected chi connectivity index (χ1v) is 13.3. The SMILES string of the molecule is CN(c1ccc(C#N)cc1NS(=O)(=O)c1ccc(S(=O)(=O)N(C)C)cc1)C1CCCCC1. The molecule has 8 nitrogen and oxygen atoms in total. The Morgan fingerprint density at radius 3 is 2.06 bits per heavy atom. The largest absolute Gasteiger partial charge is 0.370 e. The van der Waals surface area contributed by atoms with Crippen LogP contribution >= 0.6 is 0 Å². The Morgan fingerprint density at radius 2 is 1.50 bits per heavy atom. The molecule has 172 valence electrons. The van der Waals surface area contributed by atoms with Gasteiger partial charge in [-0.05, 0) is 55.3 Å². The van der Waals surface area contributed by atoms with Gasteiger partial charge in [0.1, 0.15) is 0 Å². The molecular formula is C22H28N4O4S2. The Morgan fingerprint density at radius 1 is 0.906 bits per heavy atom. The van der Waals surface area contributed by atoms with Crippen molar-refractivity contribution in [2.45, 2.75) is 47.9 Å². The number of hydrogen-bond acceptors (Lipinski definition) is 6. The van der Waals surface area contributed by atoms with Crippen LogP contribution in [0.15, 0.2) is 52.3 Å². The van der Waals surface area contributed by atoms with Gasteiger partial charge in [0, 0.05) is 27.2 Å². The van der Waals surface area contributed by atoms with Gasteiger partial charge in [0.2, 0.25) is 10.0 Å². The monoisotopic (exact) mass is 476 g/mol. The number of rotatable bonds is 7. The van der Waals surface area contributed by atoms with E-state index in [1.807, 2.05) is 13.1 Å². The van der Waals surface area contributed by atoms with E-state index in [0.717, 1.165) is 30.0 Å². The summed E-state index contributed by atoms with van der Waals surface area (Å²) in [5.74, 6) is 0. The Balaban J connectivity index is 1.93. The maximum Gasteiger partial charge on any atom is 0.261 e. The van der Waals surface area contributed by atoms with E-state index in [4.69, 9.17) is 0 Å². The lowest BCUT2D eigenvalue weighted by atomic mass is 9.94. The average Bonchev–Trinajstić information content (AvgIpc) is 2.79. The smallest absolute Gasteiger partial charge is 0.261 e. The van der Waals surface area contributed by atoms with Gasteiger partial charge in [0.15, 0.2) is 0 Å². The second kappa shape index (κ2) is 9.48. The van der Waals surface area contributed by atoms with Crippen LogP contribution in [0.2, 0.25) is 0 Å². The van der Waals surface area contributed by atoms with Crippen LogP contribution in [0.4, 0.5) is 11.4 Å². The minimum absolute atomic E-state index is 0.00523. The Hall–Kier alpha value is -2.61. The number of hydrogen-bond donors (Lipinski definition) is 1. The summed E-state index contributed by atoms with van der Waals surface area (Å²) >= 11 is 0. The molecule has 0 saturated heterocycles. The molecular weight excluding hydrogens is 448 g/mol. The predicted molar refractivity (Wildman–Crippen MR) is 125 cm³/mol. The van der Waals surface area contributed by atoms with Gasteiger partial charge in [-0.15, -0.1) is 0 Å². The number of nitrogens with zero attached hydrogens (tertiary/aromatic N) is 3. The topological polar surface area (TPSA) is 111 Å². The van der Waals surface area contributed by atoms with Crippen LogP contribution < -0.4 is 9.62 Å². The predicted octanol–water partition coefficient (Wildman–Crippen LogP) is 3.38. The average molecular weight is 477 g/mol. The fourth-order valence-electron chi connectivity index (χ4n) is 3.87. The fraction of sp³-hybridized carbons (Fsp3) is 0.409. The van der Waals surface area contributed by atoms with E-state index >= 15 is 0 Å². The third-order valence-corrected chi connectivity index (χ3v) is 9.00. The molecule has 0 spiro atoms. The Bertz CT molecular complexity index is 1210. The lowest BCUT2D eigenvalue weighted by Crippen LogP contribution is -2.34. The lowest BCUT2D eigenvalue weighted by Gasteiger charge is -2.34. The zero-order valence-electron chi connectivity index (χ0n) is 18.4. The number of sulfonamides is 2. The van der Waals surface area contributed by atoms with Crippen LogP contribution in [-0.4, -0.2) is 48.3 Å². The zero-order chi connectivity index (χ0) is 23.5. The van der Waals surface area contributed by atoms with E-state index in [0.29, 0.717) is 23.0 Å². The lowest BCUT2D eigenvalue weighted by molar-refractivity contribution is 0.428. The summed E-state index contributed by atoms with van der Waals surface area (Å²) in [6.45, 7) is 0. The van der Waals surface area contributed by atoms with Crippen molar-refractivity contribution < 1.29 is 16.8 Å². The normalized spacial score (nSPS) is 15.3. The number of benzene rings is 2. The van der Waals surface area contributed by atoms with E-state index in [9.17, 15) is 22.1 Å². The molecule has 0 amide bonds. The molecule has 1 saturated carbocycles. The van der Waals surface area contributed by atoms with Crippen molar-refractivity contribution in [2.75, 3.05) is 30.8 Å². The summed E-state index contributed by atoms with van der Waals surface area (Å²) in [4.78, 5) is 2.01. The van der Waals surface area contributed by atoms with Crippen molar-refractivity contribution in [3.63, 3.8) is 0 Å². The molecule has 2 aromatic rings. The highest BCUT2D eigenvalue weighted by atomic mass is 32.2. The molecule has 0 aromatic heterocycles. The highest BCUT2D eigenvalue weighted by Gasteiger charge is 2.24. The van der Waals surface area contributed by atoms with Gasteiger partial charge in [-0.25, -0.2) is 21.1 Å². The van der Waals surface area contributed by atoms with Crippen molar-refractivity contribution in [3.05, 3.63) is 48.0 Å². The molecule has 32 heavy (non-hydrogen) atoms. The molecule has 2 aromatic carbocycles. The third kappa shape index (κ3) is 5.06. The molecule has 0 bridgehead atoms. The van der Waals surface area contributed by atoms with Crippen molar-refractivity contribution >= 4 is 31.4 Å². The number of anilines is 2. The quantitative estimate of drug-likeness (QED) is 0.656. The molecule has 0 atom stereocenters. The van der Waals surface area contributed by atoms with Gasteiger partial charge in [0.25, 0.3) is 10.0 Å². The molecule has 0 heterocycles. The molecule has 0 radical (unpaired) electrons. The third-order valence-electron chi connectivity index (χ3n) is 5.78. The van der Waals surface area contributed by atoms with Crippen molar-refractivity contribution in [3.8, 4) is 6.07 Å². The van der Waals surface area contributed by atoms with E-state index in [-0.39, 0.29) is 9.79 Å². The van der Waals surface area contributed by atoms with Gasteiger partial charge >= 0.3 is 0 Å². The first kappa shape index (κ1) is 24.0. The van der Waals surface area contributed by atoms with Crippen molar-refractivity contribution in [1.82, 2.24) is 4.31 Å². The first-order valence-electron chi connectivity index (χ1n) is 10.4. The second-order valence-corrected chi connectivity index (χ2v) is 11.9. The van der Waals surface area contributed by atoms with Crippen LogP contribution in [0.3, 0.4) is 0 Å². The van der Waals surface area contributed by atoms with Crippen LogP contribution in [0.25, 0.3) is 0 Å². The molecule has 1 aliphatic carbocycles. The van der Waals surface area contributed by atoms with Crippen molar-refractivity contribution in [1.29, 1.82) is 5.26 Å². The van der Waals surface area contributed by atoms with Gasteiger partial charge in [-0.2, -0.15) is 5.26 Å². The minimum atomic E-state index is -4.00. The molecule has 1 aliphatic rings. The number of nitrogens with one attached hydrogen (secondary N) is 1. The second-order valence-electron chi connectivity index (χ2n) is 8.11. The Kier molecular flexibility index (Phi) is 7.12. The molecule has 0 aliphatic heterocycles. The van der Waals surface area contributed by atoms with E-state index in [2.05, 4.69) is 9.62 Å². The highest BCUT2D eigenvalue weighted by Crippen LogP contribution is 2.33. The summed E-state index contributed by atoms with van der Waals surface area (Å²) in [5.41, 5.74) is 1.37. The molecule has 3 rings (SSSR count). The van der Waals surface area contributed by atoms with Gasteiger partial charge in [0.05, 0.1) is 32.8 Å². The van der Waals surface area contributed by atoms with Crippen LogP contribution in [0.1, 0.15) is 37.7 Å². The van der Waals surface area contributed by atoms with Crippen LogP contribution in [0.5, 0.6) is 0 Å². The zero-order valence-corrected chi connectivity index (χ0v) is 20.1. The maximum absolute atomic E-state index is 13.1. The molecule has 0 unspecified atom stereocenters. The molecule has 1 fully saturated rings. The van der Waals surface area contributed by atoms with Gasteiger partial charge in [-0.1, -0.05) is 19.3 Å². The summed E-state index contributed by atoms with van der Waals surface area (Å²) < 4.78 is 54.3. The van der Waals surface area contributed by atoms with Crippen molar-refractivity contribution in [2.24, 2.45) is 0 Å². The summed E-state index contributed by atoms with van der Waals surface area (Å²) in [6.07, 6.45) is 5.54. The van der Waals surface area contributed by atoms with Crippen LogP contribution in [0, 0.1) is 11.3 Å². The van der Waals surface area contributed by atoms with E-state index < -0.39 is 20.0 Å². The summed E-state index contributed by atoms with van der Waals surface area (Å²) in [6, 6.07) is 12.4. The summed E-state index contributed by atoms with van der Waals surface area (Å²) in [7, 11) is -2.90. The van der Waals surface area contributed by atoms with E-state index in [1.165, 1.54) is 50.8 Å².